The van der Waals surface area contributed by atoms with Gasteiger partial charge in [-0.2, -0.15) is 0 Å². The Morgan fingerprint density at radius 1 is 1.20 bits per heavy atom. The molecule has 6 heteroatoms. The van der Waals surface area contributed by atoms with Crippen molar-refractivity contribution >= 4 is 33.5 Å². The molecule has 1 atom stereocenters. The fourth-order valence-corrected chi connectivity index (χ4v) is 3.35. The van der Waals surface area contributed by atoms with E-state index in [1.807, 2.05) is 31.2 Å². The summed E-state index contributed by atoms with van der Waals surface area (Å²) in [6.45, 7) is 2.36. The van der Waals surface area contributed by atoms with Gasteiger partial charge in [0.05, 0.1) is 15.2 Å². The van der Waals surface area contributed by atoms with E-state index in [1.165, 1.54) is 6.07 Å². The fraction of sp³-hybridized carbons (Fsp3) is 0.158. The lowest BCUT2D eigenvalue weighted by molar-refractivity contribution is -0.116. The molecule has 0 saturated heterocycles. The van der Waals surface area contributed by atoms with E-state index >= 15 is 0 Å². The maximum absolute atomic E-state index is 13.5. The maximum atomic E-state index is 13.5. The molecule has 1 amide bonds. The molecule has 0 radical (unpaired) electrons. The van der Waals surface area contributed by atoms with Crippen molar-refractivity contribution in [2.24, 2.45) is 0 Å². The molecule has 0 aliphatic carbocycles. The normalized spacial score (nSPS) is 12.6. The van der Waals surface area contributed by atoms with Crippen LogP contribution in [-0.2, 0) is 4.79 Å². The summed E-state index contributed by atoms with van der Waals surface area (Å²) in [6.07, 6.45) is 2.27. The fourth-order valence-electron chi connectivity index (χ4n) is 2.33. The number of aromatic nitrogens is 1. The lowest BCUT2D eigenvalue weighted by Crippen LogP contribution is -2.25. The minimum absolute atomic E-state index is 0.0416. The van der Waals surface area contributed by atoms with Crippen molar-refractivity contribution in [2.45, 2.75) is 12.8 Å². The van der Waals surface area contributed by atoms with E-state index in [1.54, 1.807) is 11.3 Å². The lowest BCUT2D eigenvalue weighted by Gasteiger charge is -2.08. The van der Waals surface area contributed by atoms with E-state index in [0.717, 1.165) is 39.5 Å². The largest absolute Gasteiger partial charge is 0.352 e. The highest BCUT2D eigenvalue weighted by Crippen LogP contribution is 2.26. The number of amides is 1. The summed E-state index contributed by atoms with van der Waals surface area (Å²) < 4.78 is 28.1. The smallest absolute Gasteiger partial charge is 0.244 e. The maximum Gasteiger partial charge on any atom is 0.244 e. The summed E-state index contributed by atoms with van der Waals surface area (Å²) in [5.74, 6) is -1.77. The Bertz CT molecular complexity index is 883. The quantitative estimate of drug-likeness (QED) is 0.682. The number of thiazole rings is 1. The summed E-state index contributed by atoms with van der Waals surface area (Å²) in [5.41, 5.74) is 0.715. The van der Waals surface area contributed by atoms with Crippen molar-refractivity contribution in [3.05, 3.63) is 70.7 Å². The zero-order chi connectivity index (χ0) is 17.8. The Labute approximate surface area is 148 Å². The van der Waals surface area contributed by atoms with Crippen LogP contribution in [-0.4, -0.2) is 17.4 Å². The van der Waals surface area contributed by atoms with E-state index < -0.39 is 17.5 Å². The number of halogens is 2. The highest BCUT2D eigenvalue weighted by atomic mass is 32.1. The molecule has 0 aliphatic heterocycles. The van der Waals surface area contributed by atoms with Crippen LogP contribution < -0.4 is 5.32 Å². The zero-order valence-corrected chi connectivity index (χ0v) is 14.3. The zero-order valence-electron chi connectivity index (χ0n) is 13.5. The second-order valence-electron chi connectivity index (χ2n) is 5.63. The number of carbonyl (C=O) groups excluding carboxylic acids is 1. The molecule has 0 spiro atoms. The molecular formula is C19H16F2N2OS. The molecule has 2 aromatic carbocycles. The average Bonchev–Trinajstić information content (AvgIpc) is 3.03. The molecule has 128 valence electrons. The summed E-state index contributed by atoms with van der Waals surface area (Å²) in [4.78, 5) is 16.4. The van der Waals surface area contributed by atoms with Crippen LogP contribution in [0, 0.1) is 11.6 Å². The van der Waals surface area contributed by atoms with Crippen LogP contribution in [0.1, 0.15) is 23.4 Å². The van der Waals surface area contributed by atoms with Gasteiger partial charge < -0.3 is 5.32 Å². The third-order valence-electron chi connectivity index (χ3n) is 3.72. The molecule has 25 heavy (non-hydrogen) atoms. The van der Waals surface area contributed by atoms with Crippen molar-refractivity contribution in [3.63, 3.8) is 0 Å². The first-order valence-electron chi connectivity index (χ1n) is 7.80. The number of hydrogen-bond donors (Lipinski definition) is 1. The van der Waals surface area contributed by atoms with E-state index in [4.69, 9.17) is 0 Å². The van der Waals surface area contributed by atoms with Crippen LogP contribution in [0.5, 0.6) is 0 Å². The monoisotopic (exact) mass is 358 g/mol. The molecule has 1 aromatic heterocycles. The number of carbonyl (C=O) groups is 1. The molecule has 0 aliphatic rings. The summed E-state index contributed by atoms with van der Waals surface area (Å²) >= 11 is 1.59. The van der Waals surface area contributed by atoms with E-state index in [0.29, 0.717) is 6.54 Å². The van der Waals surface area contributed by atoms with Gasteiger partial charge in [-0.15, -0.1) is 11.3 Å². The molecule has 0 fully saturated rings. The van der Waals surface area contributed by atoms with Gasteiger partial charge in [-0.3, -0.25) is 4.79 Å². The first-order valence-corrected chi connectivity index (χ1v) is 8.61. The summed E-state index contributed by atoms with van der Waals surface area (Å²) in [7, 11) is 0. The van der Waals surface area contributed by atoms with Crippen LogP contribution in [0.4, 0.5) is 8.78 Å². The summed E-state index contributed by atoms with van der Waals surface area (Å²) in [6, 6.07) is 11.4. The minimum Gasteiger partial charge on any atom is -0.352 e. The highest BCUT2D eigenvalue weighted by Gasteiger charge is 2.12. The lowest BCUT2D eigenvalue weighted by atomic mass is 10.1. The SMILES string of the molecule is C[C@H](CNC(=O)/C=C\c1c(F)cccc1F)c1nc2ccccc2s1. The Morgan fingerprint density at radius 2 is 1.92 bits per heavy atom. The molecule has 3 rings (SSSR count). The third-order valence-corrected chi connectivity index (χ3v) is 4.98. The first kappa shape index (κ1) is 17.2. The number of hydrogen-bond acceptors (Lipinski definition) is 3. The summed E-state index contributed by atoms with van der Waals surface area (Å²) in [5, 5.41) is 3.67. The highest BCUT2D eigenvalue weighted by molar-refractivity contribution is 7.18. The van der Waals surface area contributed by atoms with Crippen molar-refractivity contribution in [2.75, 3.05) is 6.54 Å². The van der Waals surface area contributed by atoms with E-state index in [9.17, 15) is 13.6 Å². The molecule has 0 bridgehead atoms. The van der Waals surface area contributed by atoms with E-state index in [-0.39, 0.29) is 11.5 Å². The Morgan fingerprint density at radius 3 is 2.64 bits per heavy atom. The van der Waals surface area contributed by atoms with Gasteiger partial charge in [-0.25, -0.2) is 13.8 Å². The van der Waals surface area contributed by atoms with Crippen molar-refractivity contribution in [1.29, 1.82) is 0 Å². The van der Waals surface area contributed by atoms with Gasteiger partial charge in [-0.05, 0) is 30.3 Å². The van der Waals surface area contributed by atoms with Gasteiger partial charge in [0.15, 0.2) is 0 Å². The number of fused-ring (bicyclic) bond motifs is 1. The second-order valence-corrected chi connectivity index (χ2v) is 6.70. The van der Waals surface area contributed by atoms with Gasteiger partial charge in [-0.1, -0.05) is 25.1 Å². The molecule has 0 unspecified atom stereocenters. The van der Waals surface area contributed by atoms with Gasteiger partial charge in [0.1, 0.15) is 11.6 Å². The number of rotatable bonds is 5. The molecule has 1 heterocycles. The van der Waals surface area contributed by atoms with Crippen LogP contribution in [0.25, 0.3) is 16.3 Å². The minimum atomic E-state index is -0.702. The number of para-hydroxylation sites is 1. The molecule has 3 nitrogen and oxygen atoms in total. The Kier molecular flexibility index (Phi) is 5.19. The third kappa shape index (κ3) is 4.09. The van der Waals surface area contributed by atoms with Gasteiger partial charge in [0, 0.05) is 24.1 Å². The Balaban J connectivity index is 1.61. The van der Waals surface area contributed by atoms with Crippen LogP contribution in [0.2, 0.25) is 0 Å². The van der Waals surface area contributed by atoms with E-state index in [2.05, 4.69) is 10.3 Å². The molecule has 3 aromatic rings. The second kappa shape index (κ2) is 7.53. The number of nitrogens with zero attached hydrogens (tertiary/aromatic N) is 1. The van der Waals surface area contributed by atoms with Crippen molar-refractivity contribution in [1.82, 2.24) is 10.3 Å². The number of nitrogens with one attached hydrogen (secondary N) is 1. The predicted octanol–water partition coefficient (Wildman–Crippen LogP) is 4.51. The van der Waals surface area contributed by atoms with Gasteiger partial charge in [0.25, 0.3) is 0 Å². The predicted molar refractivity (Wildman–Crippen MR) is 96.4 cm³/mol. The number of benzene rings is 2. The molecule has 1 N–H and O–H groups in total. The molecular weight excluding hydrogens is 342 g/mol. The standard InChI is InChI=1S/C19H16F2N2OS/c1-12(19-23-16-7-2-3-8-17(16)25-19)11-22-18(24)10-9-13-14(20)5-4-6-15(13)21/h2-10,12H,11H2,1H3,(H,22,24)/b10-9-/t12-/m1/s1. The topological polar surface area (TPSA) is 42.0 Å². The first-order chi connectivity index (χ1) is 12.0. The van der Waals surface area contributed by atoms with Crippen LogP contribution in [0.15, 0.2) is 48.5 Å². The van der Waals surface area contributed by atoms with Gasteiger partial charge >= 0.3 is 0 Å². The van der Waals surface area contributed by atoms with Gasteiger partial charge in [0.2, 0.25) is 5.91 Å². The average molecular weight is 358 g/mol. The van der Waals surface area contributed by atoms with Crippen LogP contribution >= 0.6 is 11.3 Å². The molecule has 0 saturated carbocycles. The van der Waals surface area contributed by atoms with Crippen molar-refractivity contribution < 1.29 is 13.6 Å². The Hall–Kier alpha value is -2.60. The van der Waals surface area contributed by atoms with Crippen molar-refractivity contribution in [3.8, 4) is 0 Å². The van der Waals surface area contributed by atoms with Crippen LogP contribution in [0.3, 0.4) is 0 Å².